The number of aliphatic carboxylic acids is 1. The summed E-state index contributed by atoms with van der Waals surface area (Å²) in [6.45, 7) is 3.98. The number of hydrogen-bond donors (Lipinski definition) is 2. The van der Waals surface area contributed by atoms with Gasteiger partial charge in [0.15, 0.2) is 0 Å². The van der Waals surface area contributed by atoms with Crippen molar-refractivity contribution in [3.05, 3.63) is 28.5 Å². The highest BCUT2D eigenvalue weighted by molar-refractivity contribution is 6.29. The lowest BCUT2D eigenvalue weighted by Gasteiger charge is -2.14. The van der Waals surface area contributed by atoms with E-state index in [1.807, 2.05) is 13.8 Å². The molecule has 2 N–H and O–H groups in total. The van der Waals surface area contributed by atoms with Crippen LogP contribution >= 0.6 is 11.6 Å². The summed E-state index contributed by atoms with van der Waals surface area (Å²) in [6, 6.07) is 2.23. The second-order valence-electron chi connectivity index (χ2n) is 4.93. The molecule has 0 saturated heterocycles. The third-order valence-electron chi connectivity index (χ3n) is 3.07. The number of carbonyl (C=O) groups is 2. The fourth-order valence-electron chi connectivity index (χ4n) is 1.97. The molecule has 0 bridgehead atoms. The van der Waals surface area contributed by atoms with E-state index < -0.39 is 17.9 Å². The van der Waals surface area contributed by atoms with Crippen LogP contribution < -0.4 is 5.32 Å². The van der Waals surface area contributed by atoms with Crippen LogP contribution in [-0.2, 0) is 11.2 Å². The molecular weight excluding hydrogens is 292 g/mol. The van der Waals surface area contributed by atoms with Gasteiger partial charge in [0.05, 0.1) is 0 Å². The van der Waals surface area contributed by atoms with Crippen LogP contribution in [0.4, 0.5) is 0 Å². The molecular formula is C15H21ClN2O3. The maximum absolute atomic E-state index is 12.2. The number of aryl methyl sites for hydroxylation is 1. The Morgan fingerprint density at radius 1 is 1.33 bits per heavy atom. The SMILES string of the molecule is CCCCC(NC(=O)c1cc(Cl)nc(CCC)c1)C(=O)O. The molecule has 1 rings (SSSR count). The van der Waals surface area contributed by atoms with Crippen molar-refractivity contribution in [2.24, 2.45) is 0 Å². The van der Waals surface area contributed by atoms with Crippen molar-refractivity contribution >= 4 is 23.5 Å². The topological polar surface area (TPSA) is 79.3 Å². The first-order valence-corrected chi connectivity index (χ1v) is 7.55. The number of carboxylic acid groups (broad SMARTS) is 1. The van der Waals surface area contributed by atoms with Crippen LogP contribution in [-0.4, -0.2) is 28.0 Å². The number of nitrogens with one attached hydrogen (secondary N) is 1. The van der Waals surface area contributed by atoms with Crippen LogP contribution in [0.3, 0.4) is 0 Å². The van der Waals surface area contributed by atoms with Gasteiger partial charge in [0, 0.05) is 11.3 Å². The van der Waals surface area contributed by atoms with E-state index in [0.717, 1.165) is 31.4 Å². The number of aromatic nitrogens is 1. The van der Waals surface area contributed by atoms with Crippen molar-refractivity contribution in [3.8, 4) is 0 Å². The van der Waals surface area contributed by atoms with Gasteiger partial charge in [-0.2, -0.15) is 0 Å². The Hall–Kier alpha value is -1.62. The number of rotatable bonds is 8. The molecule has 1 aromatic rings. The van der Waals surface area contributed by atoms with E-state index in [0.29, 0.717) is 12.0 Å². The molecule has 0 saturated carbocycles. The summed E-state index contributed by atoms with van der Waals surface area (Å²) < 4.78 is 0. The molecule has 0 aromatic carbocycles. The molecule has 1 unspecified atom stereocenters. The van der Waals surface area contributed by atoms with Crippen LogP contribution in [0.5, 0.6) is 0 Å². The van der Waals surface area contributed by atoms with Gasteiger partial charge in [-0.1, -0.05) is 44.7 Å². The zero-order valence-corrected chi connectivity index (χ0v) is 13.1. The molecule has 1 heterocycles. The van der Waals surface area contributed by atoms with E-state index in [1.54, 1.807) is 6.07 Å². The number of hydrogen-bond acceptors (Lipinski definition) is 3. The maximum atomic E-state index is 12.2. The zero-order chi connectivity index (χ0) is 15.8. The molecule has 1 amide bonds. The number of carboxylic acids is 1. The van der Waals surface area contributed by atoms with Crippen LogP contribution in [0, 0.1) is 0 Å². The van der Waals surface area contributed by atoms with Crippen molar-refractivity contribution in [2.45, 2.75) is 52.0 Å². The lowest BCUT2D eigenvalue weighted by atomic mass is 10.1. The van der Waals surface area contributed by atoms with Gasteiger partial charge in [0.1, 0.15) is 11.2 Å². The molecule has 0 radical (unpaired) electrons. The van der Waals surface area contributed by atoms with E-state index in [1.165, 1.54) is 6.07 Å². The highest BCUT2D eigenvalue weighted by Crippen LogP contribution is 2.13. The number of unbranched alkanes of at least 4 members (excludes halogenated alkanes) is 1. The van der Waals surface area contributed by atoms with E-state index in [-0.39, 0.29) is 5.15 Å². The van der Waals surface area contributed by atoms with Gasteiger partial charge in [0.25, 0.3) is 5.91 Å². The molecule has 1 aromatic heterocycles. The normalized spacial score (nSPS) is 12.0. The minimum Gasteiger partial charge on any atom is -0.480 e. The van der Waals surface area contributed by atoms with Gasteiger partial charge in [0.2, 0.25) is 0 Å². The molecule has 0 spiro atoms. The molecule has 0 aliphatic rings. The highest BCUT2D eigenvalue weighted by Gasteiger charge is 2.20. The fraction of sp³-hybridized carbons (Fsp3) is 0.533. The number of halogens is 1. The largest absolute Gasteiger partial charge is 0.480 e. The van der Waals surface area contributed by atoms with E-state index in [4.69, 9.17) is 16.7 Å². The first-order valence-electron chi connectivity index (χ1n) is 7.18. The fourth-order valence-corrected chi connectivity index (χ4v) is 2.20. The third kappa shape index (κ3) is 5.71. The van der Waals surface area contributed by atoms with Gasteiger partial charge in [-0.05, 0) is 25.0 Å². The molecule has 0 aliphatic carbocycles. The molecule has 21 heavy (non-hydrogen) atoms. The molecule has 6 heteroatoms. The van der Waals surface area contributed by atoms with Gasteiger partial charge in [-0.15, -0.1) is 0 Å². The van der Waals surface area contributed by atoms with Gasteiger partial charge < -0.3 is 10.4 Å². The first kappa shape index (κ1) is 17.4. The second kappa shape index (κ2) is 8.62. The molecule has 1 atom stereocenters. The van der Waals surface area contributed by atoms with Crippen LogP contribution in [0.25, 0.3) is 0 Å². The summed E-state index contributed by atoms with van der Waals surface area (Å²) in [6.07, 6.45) is 3.65. The van der Waals surface area contributed by atoms with Crippen molar-refractivity contribution in [3.63, 3.8) is 0 Å². The smallest absolute Gasteiger partial charge is 0.326 e. The summed E-state index contributed by atoms with van der Waals surface area (Å²) in [7, 11) is 0. The monoisotopic (exact) mass is 312 g/mol. The number of amides is 1. The van der Waals surface area contributed by atoms with E-state index in [9.17, 15) is 9.59 Å². The summed E-state index contributed by atoms with van der Waals surface area (Å²) in [5, 5.41) is 11.9. The zero-order valence-electron chi connectivity index (χ0n) is 12.4. The van der Waals surface area contributed by atoms with Gasteiger partial charge in [-0.3, -0.25) is 4.79 Å². The lowest BCUT2D eigenvalue weighted by molar-refractivity contribution is -0.139. The van der Waals surface area contributed by atoms with Crippen molar-refractivity contribution < 1.29 is 14.7 Å². The van der Waals surface area contributed by atoms with Crippen molar-refractivity contribution in [2.75, 3.05) is 0 Å². The lowest BCUT2D eigenvalue weighted by Crippen LogP contribution is -2.40. The van der Waals surface area contributed by atoms with Gasteiger partial charge >= 0.3 is 5.97 Å². The van der Waals surface area contributed by atoms with Crippen LogP contribution in [0.1, 0.15) is 55.6 Å². The van der Waals surface area contributed by atoms with Crippen molar-refractivity contribution in [1.29, 1.82) is 0 Å². The third-order valence-corrected chi connectivity index (χ3v) is 3.26. The average Bonchev–Trinajstić information content (AvgIpc) is 2.42. The highest BCUT2D eigenvalue weighted by atomic mass is 35.5. The molecule has 0 aliphatic heterocycles. The molecule has 5 nitrogen and oxygen atoms in total. The average molecular weight is 313 g/mol. The number of nitrogens with zero attached hydrogens (tertiary/aromatic N) is 1. The van der Waals surface area contributed by atoms with Crippen LogP contribution in [0.2, 0.25) is 5.15 Å². The Bertz CT molecular complexity index is 506. The summed E-state index contributed by atoms with van der Waals surface area (Å²) in [5.74, 6) is -1.45. The second-order valence-corrected chi connectivity index (χ2v) is 5.31. The Balaban J connectivity index is 2.84. The Labute approximate surface area is 129 Å². The Morgan fingerprint density at radius 2 is 2.05 bits per heavy atom. The van der Waals surface area contributed by atoms with E-state index >= 15 is 0 Å². The minimum atomic E-state index is -1.02. The predicted octanol–water partition coefficient (Wildman–Crippen LogP) is 3.06. The minimum absolute atomic E-state index is 0.242. The summed E-state index contributed by atoms with van der Waals surface area (Å²) in [4.78, 5) is 27.5. The van der Waals surface area contributed by atoms with Gasteiger partial charge in [-0.25, -0.2) is 9.78 Å². The van der Waals surface area contributed by atoms with E-state index in [2.05, 4.69) is 10.3 Å². The Morgan fingerprint density at radius 3 is 2.62 bits per heavy atom. The van der Waals surface area contributed by atoms with Crippen molar-refractivity contribution in [1.82, 2.24) is 10.3 Å². The van der Waals surface area contributed by atoms with Crippen LogP contribution in [0.15, 0.2) is 12.1 Å². The predicted molar refractivity (Wildman–Crippen MR) is 81.7 cm³/mol. The number of pyridine rings is 1. The first-order chi connectivity index (χ1) is 9.97. The quantitative estimate of drug-likeness (QED) is 0.723. The Kier molecular flexibility index (Phi) is 7.15. The molecule has 0 fully saturated rings. The summed E-state index contributed by atoms with van der Waals surface area (Å²) in [5.41, 5.74) is 1.08. The number of carbonyl (C=O) groups excluding carboxylic acids is 1. The maximum Gasteiger partial charge on any atom is 0.326 e. The molecule has 116 valence electrons. The summed E-state index contributed by atoms with van der Waals surface area (Å²) >= 11 is 5.91. The standard InChI is InChI=1S/C15H21ClN2O3/c1-3-5-7-12(15(20)21)18-14(19)10-8-11(6-4-2)17-13(16)9-10/h8-9,12H,3-7H2,1-2H3,(H,18,19)(H,20,21).